The number of ether oxygens (including phenoxy) is 1. The predicted molar refractivity (Wildman–Crippen MR) is 106 cm³/mol. The van der Waals surface area contributed by atoms with Crippen LogP contribution in [0.3, 0.4) is 0 Å². The van der Waals surface area contributed by atoms with E-state index < -0.39 is 18.0 Å². The monoisotopic (exact) mass is 378 g/mol. The maximum Gasteiger partial charge on any atom is 0.361 e. The number of benzene rings is 2. The molecule has 3 aromatic rings. The largest absolute Gasteiger partial charge is 0.448 e. The Bertz CT molecular complexity index is 1010. The van der Waals surface area contributed by atoms with Crippen LogP contribution < -0.4 is 5.32 Å². The fourth-order valence-corrected chi connectivity index (χ4v) is 2.75. The van der Waals surface area contributed by atoms with E-state index >= 15 is 0 Å². The van der Waals surface area contributed by atoms with Crippen molar-refractivity contribution in [3.63, 3.8) is 0 Å². The number of hydrogen-bond donors (Lipinski definition) is 1. The van der Waals surface area contributed by atoms with Crippen molar-refractivity contribution in [3.05, 3.63) is 71.1 Å². The molecule has 1 amide bonds. The highest BCUT2D eigenvalue weighted by molar-refractivity contribution is 5.97. The number of oxazole rings is 1. The molecule has 0 aliphatic heterocycles. The van der Waals surface area contributed by atoms with Gasteiger partial charge in [0, 0.05) is 11.3 Å². The first-order valence-corrected chi connectivity index (χ1v) is 8.97. The standard InChI is InChI=1S/C22H22N2O4/c1-13-10-11-18(14(2)12-13)23-20(25)16(4)28-22(26)19-15(3)27-21(24-19)17-8-6-5-7-9-17/h5-12,16H,1-4H3,(H,23,25). The van der Waals surface area contributed by atoms with Crippen LogP contribution in [-0.4, -0.2) is 23.0 Å². The van der Waals surface area contributed by atoms with Gasteiger partial charge < -0.3 is 14.5 Å². The van der Waals surface area contributed by atoms with E-state index in [1.54, 1.807) is 6.92 Å². The van der Waals surface area contributed by atoms with Crippen LogP contribution in [0.1, 0.15) is 34.3 Å². The van der Waals surface area contributed by atoms with E-state index in [-0.39, 0.29) is 5.69 Å². The average Bonchev–Trinajstić information content (AvgIpc) is 3.06. The minimum Gasteiger partial charge on any atom is -0.448 e. The summed E-state index contributed by atoms with van der Waals surface area (Å²) in [6.07, 6.45) is -0.982. The summed E-state index contributed by atoms with van der Waals surface area (Å²) in [6.45, 7) is 7.04. The Morgan fingerprint density at radius 3 is 2.46 bits per heavy atom. The lowest BCUT2D eigenvalue weighted by Gasteiger charge is -2.14. The maximum atomic E-state index is 12.5. The number of aryl methyl sites for hydroxylation is 3. The molecule has 6 heteroatoms. The van der Waals surface area contributed by atoms with Crippen molar-refractivity contribution in [2.45, 2.75) is 33.8 Å². The van der Waals surface area contributed by atoms with Gasteiger partial charge in [0.25, 0.3) is 5.91 Å². The lowest BCUT2D eigenvalue weighted by molar-refractivity contribution is -0.123. The second-order valence-corrected chi connectivity index (χ2v) is 6.65. The molecule has 1 atom stereocenters. The zero-order valence-electron chi connectivity index (χ0n) is 16.3. The Morgan fingerprint density at radius 2 is 1.79 bits per heavy atom. The van der Waals surface area contributed by atoms with Gasteiger partial charge in [-0.1, -0.05) is 35.9 Å². The molecular weight excluding hydrogens is 356 g/mol. The molecule has 0 aliphatic rings. The van der Waals surface area contributed by atoms with Crippen molar-refractivity contribution >= 4 is 17.6 Å². The zero-order valence-corrected chi connectivity index (χ0v) is 16.3. The number of anilines is 1. The van der Waals surface area contributed by atoms with Crippen LogP contribution in [-0.2, 0) is 9.53 Å². The maximum absolute atomic E-state index is 12.5. The van der Waals surface area contributed by atoms with Gasteiger partial charge in [0.2, 0.25) is 5.89 Å². The normalized spacial score (nSPS) is 11.7. The summed E-state index contributed by atoms with van der Waals surface area (Å²) in [7, 11) is 0. The number of rotatable bonds is 5. The highest BCUT2D eigenvalue weighted by Gasteiger charge is 2.24. The minimum absolute atomic E-state index is 0.0602. The summed E-state index contributed by atoms with van der Waals surface area (Å²) in [5, 5.41) is 2.78. The van der Waals surface area contributed by atoms with Gasteiger partial charge in [0.05, 0.1) is 0 Å². The Morgan fingerprint density at radius 1 is 1.07 bits per heavy atom. The molecule has 0 spiro atoms. The third-order valence-corrected chi connectivity index (χ3v) is 4.30. The van der Waals surface area contributed by atoms with E-state index in [9.17, 15) is 9.59 Å². The molecule has 0 aliphatic carbocycles. The Balaban J connectivity index is 1.68. The van der Waals surface area contributed by atoms with E-state index in [0.717, 1.165) is 16.7 Å². The highest BCUT2D eigenvalue weighted by atomic mass is 16.5. The summed E-state index contributed by atoms with van der Waals surface area (Å²) in [4.78, 5) is 29.1. The topological polar surface area (TPSA) is 81.4 Å². The molecule has 3 rings (SSSR count). The highest BCUT2D eigenvalue weighted by Crippen LogP contribution is 2.22. The van der Waals surface area contributed by atoms with Gasteiger partial charge >= 0.3 is 5.97 Å². The Kier molecular flexibility index (Phi) is 5.59. The van der Waals surface area contributed by atoms with E-state index in [2.05, 4.69) is 10.3 Å². The van der Waals surface area contributed by atoms with E-state index in [0.29, 0.717) is 17.3 Å². The number of nitrogens with zero attached hydrogens (tertiary/aromatic N) is 1. The van der Waals surface area contributed by atoms with Crippen LogP contribution in [0.4, 0.5) is 5.69 Å². The third-order valence-electron chi connectivity index (χ3n) is 4.30. The molecule has 0 bridgehead atoms. The molecule has 1 heterocycles. The minimum atomic E-state index is -0.982. The van der Waals surface area contributed by atoms with Crippen molar-refractivity contribution < 1.29 is 18.7 Å². The molecule has 2 aromatic carbocycles. The molecule has 1 N–H and O–H groups in total. The molecule has 0 fully saturated rings. The van der Waals surface area contributed by atoms with Crippen molar-refractivity contribution in [1.82, 2.24) is 4.98 Å². The smallest absolute Gasteiger partial charge is 0.361 e. The number of hydrogen-bond acceptors (Lipinski definition) is 5. The second kappa shape index (κ2) is 8.08. The SMILES string of the molecule is Cc1ccc(NC(=O)C(C)OC(=O)c2nc(-c3ccccc3)oc2C)c(C)c1. The van der Waals surface area contributed by atoms with E-state index in [1.807, 2.05) is 62.4 Å². The van der Waals surface area contributed by atoms with Crippen LogP contribution >= 0.6 is 0 Å². The van der Waals surface area contributed by atoms with Crippen molar-refractivity contribution in [1.29, 1.82) is 0 Å². The van der Waals surface area contributed by atoms with Gasteiger partial charge in [-0.15, -0.1) is 0 Å². The first-order valence-electron chi connectivity index (χ1n) is 8.97. The molecule has 0 saturated heterocycles. The van der Waals surface area contributed by atoms with Gasteiger partial charge in [0.15, 0.2) is 11.8 Å². The predicted octanol–water partition coefficient (Wildman–Crippen LogP) is 4.45. The number of aromatic nitrogens is 1. The number of esters is 1. The van der Waals surface area contributed by atoms with E-state index in [1.165, 1.54) is 6.92 Å². The zero-order chi connectivity index (χ0) is 20.3. The van der Waals surface area contributed by atoms with Gasteiger partial charge in [-0.05, 0) is 51.5 Å². The molecule has 0 saturated carbocycles. The number of carbonyl (C=O) groups excluding carboxylic acids is 2. The lowest BCUT2D eigenvalue weighted by atomic mass is 10.1. The van der Waals surface area contributed by atoms with E-state index in [4.69, 9.17) is 9.15 Å². The third kappa shape index (κ3) is 4.28. The summed E-state index contributed by atoms with van der Waals surface area (Å²) < 4.78 is 10.9. The van der Waals surface area contributed by atoms with Gasteiger partial charge in [-0.2, -0.15) is 0 Å². The van der Waals surface area contributed by atoms with Crippen molar-refractivity contribution in [2.24, 2.45) is 0 Å². The summed E-state index contributed by atoms with van der Waals surface area (Å²) >= 11 is 0. The molecule has 6 nitrogen and oxygen atoms in total. The van der Waals surface area contributed by atoms with Gasteiger partial charge in [0.1, 0.15) is 5.76 Å². The number of carbonyl (C=O) groups is 2. The van der Waals surface area contributed by atoms with Crippen LogP contribution in [0.5, 0.6) is 0 Å². The first kappa shape index (κ1) is 19.4. The fraction of sp³-hybridized carbons (Fsp3) is 0.227. The van der Waals surface area contributed by atoms with Crippen LogP contribution in [0, 0.1) is 20.8 Å². The molecule has 144 valence electrons. The quantitative estimate of drug-likeness (QED) is 0.663. The molecule has 1 aromatic heterocycles. The number of nitrogens with one attached hydrogen (secondary N) is 1. The lowest BCUT2D eigenvalue weighted by Crippen LogP contribution is -2.30. The number of amides is 1. The molecular formula is C22H22N2O4. The van der Waals surface area contributed by atoms with Crippen LogP contribution in [0.2, 0.25) is 0 Å². The van der Waals surface area contributed by atoms with Crippen LogP contribution in [0.15, 0.2) is 52.9 Å². The Labute approximate surface area is 163 Å². The van der Waals surface area contributed by atoms with Crippen molar-refractivity contribution in [2.75, 3.05) is 5.32 Å². The fourth-order valence-electron chi connectivity index (χ4n) is 2.75. The first-order chi connectivity index (χ1) is 13.3. The van der Waals surface area contributed by atoms with Crippen molar-refractivity contribution in [3.8, 4) is 11.5 Å². The molecule has 28 heavy (non-hydrogen) atoms. The molecule has 0 radical (unpaired) electrons. The van der Waals surface area contributed by atoms with Crippen LogP contribution in [0.25, 0.3) is 11.5 Å². The summed E-state index contributed by atoms with van der Waals surface area (Å²) in [5.74, 6) is -0.445. The van der Waals surface area contributed by atoms with Gasteiger partial charge in [-0.3, -0.25) is 4.79 Å². The summed E-state index contributed by atoms with van der Waals surface area (Å²) in [5.41, 5.74) is 3.54. The Hall–Kier alpha value is -3.41. The second-order valence-electron chi connectivity index (χ2n) is 6.65. The average molecular weight is 378 g/mol. The van der Waals surface area contributed by atoms with Gasteiger partial charge in [-0.25, -0.2) is 9.78 Å². The summed E-state index contributed by atoms with van der Waals surface area (Å²) in [6, 6.07) is 15.0. The molecule has 1 unspecified atom stereocenters.